The third kappa shape index (κ3) is 6.28. The van der Waals surface area contributed by atoms with E-state index in [9.17, 15) is 17.6 Å². The van der Waals surface area contributed by atoms with Gasteiger partial charge >= 0.3 is 0 Å². The Hall–Kier alpha value is -3.07. The van der Waals surface area contributed by atoms with Gasteiger partial charge in [-0.3, -0.25) is 4.79 Å². The van der Waals surface area contributed by atoms with E-state index in [0.717, 1.165) is 18.4 Å². The van der Waals surface area contributed by atoms with Crippen LogP contribution >= 0.6 is 0 Å². The van der Waals surface area contributed by atoms with Crippen molar-refractivity contribution >= 4 is 15.9 Å². The monoisotopic (exact) mass is 482 g/mol. The molecule has 0 aromatic heterocycles. The molecule has 1 N–H and O–H groups in total. The number of sulfonamides is 1. The molecule has 34 heavy (non-hydrogen) atoms. The maximum absolute atomic E-state index is 13.7. The zero-order chi connectivity index (χ0) is 24.0. The van der Waals surface area contributed by atoms with E-state index in [0.29, 0.717) is 18.7 Å². The molecule has 1 atom stereocenters. The quantitative estimate of drug-likeness (QED) is 0.498. The third-order valence-electron chi connectivity index (χ3n) is 5.70. The Bertz CT molecular complexity index is 1230. The van der Waals surface area contributed by atoms with Gasteiger partial charge in [0.2, 0.25) is 10.0 Å². The highest BCUT2D eigenvalue weighted by atomic mass is 32.2. The zero-order valence-electron chi connectivity index (χ0n) is 18.7. The number of rotatable bonds is 9. The third-order valence-corrected chi connectivity index (χ3v) is 7.10. The predicted molar refractivity (Wildman–Crippen MR) is 127 cm³/mol. The van der Waals surface area contributed by atoms with E-state index >= 15 is 0 Å². The Kier molecular flexibility index (Phi) is 7.72. The van der Waals surface area contributed by atoms with Crippen LogP contribution in [0.2, 0.25) is 0 Å². The van der Waals surface area contributed by atoms with Crippen LogP contribution in [0.25, 0.3) is 0 Å². The number of amides is 1. The summed E-state index contributed by atoms with van der Waals surface area (Å²) in [6.07, 6.45) is 1.66. The van der Waals surface area contributed by atoms with Crippen molar-refractivity contribution in [3.63, 3.8) is 0 Å². The molecular weight excluding hydrogens is 455 g/mol. The lowest BCUT2D eigenvalue weighted by Gasteiger charge is -2.26. The van der Waals surface area contributed by atoms with Crippen molar-refractivity contribution in [1.82, 2.24) is 9.62 Å². The molecule has 0 bridgehead atoms. The maximum Gasteiger partial charge on any atom is 0.254 e. The predicted octanol–water partition coefficient (Wildman–Crippen LogP) is 4.13. The maximum atomic E-state index is 13.7. The smallest absolute Gasteiger partial charge is 0.254 e. The van der Waals surface area contributed by atoms with Gasteiger partial charge in [0.05, 0.1) is 11.0 Å². The number of nitrogens with one attached hydrogen (secondary N) is 1. The van der Waals surface area contributed by atoms with Gasteiger partial charge in [-0.2, -0.15) is 0 Å². The molecule has 3 aromatic rings. The molecule has 4 rings (SSSR count). The average Bonchev–Trinajstić information content (AvgIpc) is 3.36. The Labute approximate surface area is 199 Å². The van der Waals surface area contributed by atoms with Crippen molar-refractivity contribution in [1.29, 1.82) is 0 Å². The number of ether oxygens (including phenoxy) is 1. The van der Waals surface area contributed by atoms with Crippen molar-refractivity contribution < 1.29 is 22.3 Å². The minimum atomic E-state index is -3.82. The first-order valence-electron chi connectivity index (χ1n) is 11.2. The summed E-state index contributed by atoms with van der Waals surface area (Å²) in [5.41, 5.74) is 1.73. The summed E-state index contributed by atoms with van der Waals surface area (Å²) in [7, 11) is -3.82. The van der Waals surface area contributed by atoms with Crippen LogP contribution in [0.3, 0.4) is 0 Å². The molecule has 1 heterocycles. The molecule has 0 radical (unpaired) electrons. The highest BCUT2D eigenvalue weighted by Crippen LogP contribution is 2.20. The minimum absolute atomic E-state index is 0.0112. The largest absolute Gasteiger partial charge is 0.376 e. The van der Waals surface area contributed by atoms with Gasteiger partial charge in [-0.15, -0.1) is 0 Å². The van der Waals surface area contributed by atoms with Gasteiger partial charge in [-0.05, 0) is 54.3 Å². The van der Waals surface area contributed by atoms with E-state index in [-0.39, 0.29) is 41.4 Å². The number of carbonyl (C=O) groups excluding carboxylic acids is 1. The Morgan fingerprint density at radius 3 is 2.50 bits per heavy atom. The summed E-state index contributed by atoms with van der Waals surface area (Å²) >= 11 is 0. The van der Waals surface area contributed by atoms with Crippen LogP contribution < -0.4 is 4.72 Å². The fourth-order valence-electron chi connectivity index (χ4n) is 3.95. The first-order valence-corrected chi connectivity index (χ1v) is 12.7. The minimum Gasteiger partial charge on any atom is -0.376 e. The number of halogens is 1. The summed E-state index contributed by atoms with van der Waals surface area (Å²) < 4.78 is 47.7. The lowest BCUT2D eigenvalue weighted by atomic mass is 10.1. The molecular formula is C26H27FN2O4S. The summed E-state index contributed by atoms with van der Waals surface area (Å²) in [4.78, 5) is 15.0. The van der Waals surface area contributed by atoms with E-state index < -0.39 is 10.0 Å². The second kappa shape index (κ2) is 10.9. The molecule has 3 aromatic carbocycles. The highest BCUT2D eigenvalue weighted by Gasteiger charge is 2.25. The van der Waals surface area contributed by atoms with E-state index in [1.807, 2.05) is 30.3 Å². The first kappa shape index (κ1) is 24.1. The number of carbonyl (C=O) groups is 1. The molecule has 178 valence electrons. The standard InChI is InChI=1S/C26H27FN2O4S/c27-23-11-4-9-21(15-23)18-29(19-24-12-6-14-33-24)26(30)22-10-5-13-25(16-22)34(31,32)28-17-20-7-2-1-3-8-20/h1-5,7-11,13,15-16,24,28H,6,12,14,17-19H2. The van der Waals surface area contributed by atoms with Crippen LogP contribution in [0.15, 0.2) is 83.8 Å². The van der Waals surface area contributed by atoms with Crippen LogP contribution in [0, 0.1) is 5.82 Å². The molecule has 8 heteroatoms. The number of hydrogen-bond acceptors (Lipinski definition) is 4. The zero-order valence-corrected chi connectivity index (χ0v) is 19.5. The topological polar surface area (TPSA) is 75.7 Å². The van der Waals surface area contributed by atoms with Gasteiger partial charge in [0.15, 0.2) is 0 Å². The second-order valence-corrected chi connectivity index (χ2v) is 10.1. The van der Waals surface area contributed by atoms with E-state index in [1.165, 1.54) is 24.3 Å². The van der Waals surface area contributed by atoms with Crippen molar-refractivity contribution in [3.8, 4) is 0 Å². The molecule has 1 aliphatic heterocycles. The summed E-state index contributed by atoms with van der Waals surface area (Å²) in [5, 5.41) is 0. The Morgan fingerprint density at radius 1 is 1.00 bits per heavy atom. The van der Waals surface area contributed by atoms with Crippen molar-refractivity contribution in [2.45, 2.75) is 36.9 Å². The highest BCUT2D eigenvalue weighted by molar-refractivity contribution is 7.89. The van der Waals surface area contributed by atoms with Gasteiger partial charge in [-0.1, -0.05) is 48.5 Å². The second-order valence-electron chi connectivity index (χ2n) is 8.29. The van der Waals surface area contributed by atoms with Crippen LogP contribution in [0.4, 0.5) is 4.39 Å². The van der Waals surface area contributed by atoms with E-state index in [4.69, 9.17) is 4.74 Å². The number of nitrogens with zero attached hydrogens (tertiary/aromatic N) is 1. The molecule has 1 saturated heterocycles. The SMILES string of the molecule is O=C(c1cccc(S(=O)(=O)NCc2ccccc2)c1)N(Cc1cccc(F)c1)CC1CCCO1. The summed E-state index contributed by atoms with van der Waals surface area (Å²) in [6, 6.07) is 21.3. The first-order chi connectivity index (χ1) is 16.4. The van der Waals surface area contributed by atoms with Gasteiger partial charge in [0.1, 0.15) is 5.82 Å². The van der Waals surface area contributed by atoms with Gasteiger partial charge in [-0.25, -0.2) is 17.5 Å². The van der Waals surface area contributed by atoms with Gasteiger partial charge < -0.3 is 9.64 Å². The molecule has 1 aliphatic rings. The molecule has 0 saturated carbocycles. The van der Waals surface area contributed by atoms with Crippen LogP contribution in [-0.4, -0.2) is 38.5 Å². The van der Waals surface area contributed by atoms with Crippen molar-refractivity contribution in [2.75, 3.05) is 13.2 Å². The molecule has 1 unspecified atom stereocenters. The fourth-order valence-corrected chi connectivity index (χ4v) is 5.01. The molecule has 1 amide bonds. The lowest BCUT2D eigenvalue weighted by molar-refractivity contribution is 0.0507. The molecule has 0 aliphatic carbocycles. The summed E-state index contributed by atoms with van der Waals surface area (Å²) in [5.74, 6) is -0.709. The number of hydrogen-bond donors (Lipinski definition) is 1. The van der Waals surface area contributed by atoms with Gasteiger partial charge in [0.25, 0.3) is 5.91 Å². The normalized spacial score (nSPS) is 15.9. The van der Waals surface area contributed by atoms with Crippen LogP contribution in [-0.2, 0) is 27.8 Å². The van der Waals surface area contributed by atoms with Crippen molar-refractivity contribution in [3.05, 3.63) is 101 Å². The number of benzene rings is 3. The summed E-state index contributed by atoms with van der Waals surface area (Å²) in [6.45, 7) is 1.33. The molecule has 0 spiro atoms. The fraction of sp³-hybridized carbons (Fsp3) is 0.269. The van der Waals surface area contributed by atoms with Crippen molar-refractivity contribution in [2.24, 2.45) is 0 Å². The van der Waals surface area contributed by atoms with Crippen LogP contribution in [0.5, 0.6) is 0 Å². The lowest BCUT2D eigenvalue weighted by Crippen LogP contribution is -2.37. The average molecular weight is 483 g/mol. The van der Waals surface area contributed by atoms with Gasteiger partial charge in [0, 0.05) is 31.8 Å². The molecule has 1 fully saturated rings. The van der Waals surface area contributed by atoms with E-state index in [2.05, 4.69) is 4.72 Å². The molecule has 6 nitrogen and oxygen atoms in total. The Morgan fingerprint density at radius 2 is 1.76 bits per heavy atom. The van der Waals surface area contributed by atoms with E-state index in [1.54, 1.807) is 29.2 Å². The van der Waals surface area contributed by atoms with Crippen LogP contribution in [0.1, 0.15) is 34.3 Å². The Balaban J connectivity index is 1.54.